The minimum Gasteiger partial charge on any atom is -0.382 e. The number of carbonyl (C=O) groups excluding carboxylic acids is 4. The fourth-order valence-electron chi connectivity index (χ4n) is 6.75. The molecule has 2 saturated heterocycles. The van der Waals surface area contributed by atoms with Crippen molar-refractivity contribution >= 4 is 69.6 Å². The monoisotopic (exact) mass is 896 g/mol. The predicted molar refractivity (Wildman–Crippen MR) is 215 cm³/mol. The Hall–Kier alpha value is -5.60. The molecule has 2 aromatic carbocycles. The summed E-state index contributed by atoms with van der Waals surface area (Å²) in [6, 6.07) is 9.17. The summed E-state index contributed by atoms with van der Waals surface area (Å²) in [5.41, 5.74) is 10.1. The molecule has 0 saturated carbocycles. The van der Waals surface area contributed by atoms with Crippen molar-refractivity contribution in [3.8, 4) is 0 Å². The fraction of sp³-hybridized carbons (Fsp3) is 0.385. The van der Waals surface area contributed by atoms with Gasteiger partial charge in [0.2, 0.25) is 11.8 Å². The first-order chi connectivity index (χ1) is 28.8. The van der Waals surface area contributed by atoms with Crippen LogP contribution in [0.15, 0.2) is 61.2 Å². The number of nitrogens with two attached hydrogens (primary N) is 2. The Bertz CT molecular complexity index is 2220. The molecule has 61 heavy (non-hydrogen) atoms. The molecular weight excluding hydrogens is 857 g/mol. The lowest BCUT2D eigenvalue weighted by atomic mass is 9.91. The molecule has 326 valence electrons. The van der Waals surface area contributed by atoms with Gasteiger partial charge in [-0.3, -0.25) is 24.1 Å². The van der Waals surface area contributed by atoms with Crippen LogP contribution in [0.3, 0.4) is 0 Å². The van der Waals surface area contributed by atoms with Gasteiger partial charge in [0.1, 0.15) is 45.7 Å². The Balaban J connectivity index is 0.000000231. The lowest BCUT2D eigenvalue weighted by molar-refractivity contribution is -0.138. The van der Waals surface area contributed by atoms with Crippen molar-refractivity contribution in [2.24, 2.45) is 11.8 Å². The lowest BCUT2D eigenvalue weighted by Gasteiger charge is -2.32. The largest absolute Gasteiger partial charge is 0.416 e. The number of amides is 2. The maximum absolute atomic E-state index is 12.8. The number of rotatable bonds is 12. The first-order valence-corrected chi connectivity index (χ1v) is 19.5. The molecule has 1 unspecified atom stereocenters. The maximum atomic E-state index is 12.8. The number of aromatic nitrogens is 4. The number of nitrogen functional groups attached to an aromatic ring is 2. The number of nitrogens with zero attached hydrogens (tertiary/aromatic N) is 6. The van der Waals surface area contributed by atoms with E-state index in [-0.39, 0.29) is 99.7 Å². The summed E-state index contributed by atoms with van der Waals surface area (Å²) >= 11 is 12.0. The Morgan fingerprint density at radius 1 is 0.705 bits per heavy atom. The van der Waals surface area contributed by atoms with E-state index in [1.54, 1.807) is 4.90 Å². The average molecular weight is 898 g/mol. The Labute approximate surface area is 355 Å². The van der Waals surface area contributed by atoms with Crippen LogP contribution in [0.25, 0.3) is 0 Å². The number of Topliss-reactive ketones (excluding diaryl/α,β-unsaturated/α-hetero) is 2. The molecule has 2 aliphatic heterocycles. The summed E-state index contributed by atoms with van der Waals surface area (Å²) in [6.07, 6.45) is -4.18. The third-order valence-electron chi connectivity index (χ3n) is 9.92. The highest BCUT2D eigenvalue weighted by atomic mass is 35.5. The lowest BCUT2D eigenvalue weighted by Crippen LogP contribution is -2.41. The number of likely N-dealkylation sites (tertiary alicyclic amines) is 2. The van der Waals surface area contributed by atoms with E-state index in [2.05, 4.69) is 30.6 Å². The number of alkyl halides is 6. The van der Waals surface area contributed by atoms with Crippen LogP contribution in [0.5, 0.6) is 0 Å². The van der Waals surface area contributed by atoms with E-state index in [1.807, 2.05) is 4.90 Å². The first-order valence-electron chi connectivity index (χ1n) is 18.7. The number of halogens is 8. The highest BCUT2D eigenvalue weighted by Crippen LogP contribution is 2.32. The average Bonchev–Trinajstić information content (AvgIpc) is 3.64. The van der Waals surface area contributed by atoms with Crippen molar-refractivity contribution in [3.63, 3.8) is 0 Å². The van der Waals surface area contributed by atoms with Gasteiger partial charge in [0, 0.05) is 43.9 Å². The Morgan fingerprint density at radius 2 is 1.20 bits per heavy atom. The molecule has 6 rings (SSSR count). The van der Waals surface area contributed by atoms with Crippen molar-refractivity contribution < 1.29 is 45.5 Å². The smallest absolute Gasteiger partial charge is 0.382 e. The molecule has 14 nitrogen and oxygen atoms in total. The van der Waals surface area contributed by atoms with Crippen LogP contribution in [0.2, 0.25) is 10.0 Å². The van der Waals surface area contributed by atoms with Gasteiger partial charge in [-0.25, -0.2) is 19.9 Å². The summed E-state index contributed by atoms with van der Waals surface area (Å²) < 4.78 is 76.7. The van der Waals surface area contributed by atoms with Crippen molar-refractivity contribution in [3.05, 3.63) is 93.7 Å². The highest BCUT2D eigenvalue weighted by Gasteiger charge is 2.32. The molecule has 2 amide bonds. The third kappa shape index (κ3) is 13.2. The molecule has 0 aliphatic carbocycles. The van der Waals surface area contributed by atoms with Gasteiger partial charge in [-0.2, -0.15) is 26.3 Å². The van der Waals surface area contributed by atoms with Gasteiger partial charge in [0.05, 0.1) is 24.2 Å². The quantitative estimate of drug-likeness (QED) is 0.0846. The van der Waals surface area contributed by atoms with Crippen LogP contribution in [0.1, 0.15) is 64.2 Å². The van der Waals surface area contributed by atoms with Gasteiger partial charge in [0.15, 0.2) is 11.6 Å². The summed E-state index contributed by atoms with van der Waals surface area (Å²) in [4.78, 5) is 68.2. The number of carbonyl (C=O) groups is 4. The van der Waals surface area contributed by atoms with Crippen LogP contribution in [0, 0.1) is 11.8 Å². The van der Waals surface area contributed by atoms with Crippen molar-refractivity contribution in [2.45, 2.75) is 44.5 Å². The van der Waals surface area contributed by atoms with E-state index in [9.17, 15) is 45.5 Å². The van der Waals surface area contributed by atoms with Gasteiger partial charge in [-0.15, -0.1) is 0 Å². The molecule has 2 fully saturated rings. The molecule has 6 N–H and O–H groups in total. The number of hydrogen-bond acceptors (Lipinski definition) is 12. The second kappa shape index (κ2) is 20.3. The minimum absolute atomic E-state index is 0.00566. The number of anilines is 4. The molecular formula is C39H40Cl2F6N10O4. The van der Waals surface area contributed by atoms with Crippen LogP contribution in [0.4, 0.5) is 49.4 Å². The standard InChI is InChI=1S/C20H21ClF3N5O2.C19H19ClF3N5O2/c21-17-18(27-11-28-19(17)25)15(30)8-12-4-6-29(7-5-12)16(31)10-26-14-3-1-2-13(9-14)20(22,23)24;20-16-17(25-10-26-18(16)24)14(29)6-11-4-5-28(8-11)9-15(30)27-13-3-1-2-12(7-13)19(21,22)23/h1-3,9,11-12,26H,4-8,10H2,(H2,25,27,28);1-3,7,10-11H,4-6,8-9H2,(H,27,30)(H2,24,25,26). The van der Waals surface area contributed by atoms with E-state index < -0.39 is 29.4 Å². The Kier molecular flexibility index (Phi) is 15.5. The van der Waals surface area contributed by atoms with Crippen molar-refractivity contribution in [1.29, 1.82) is 0 Å². The summed E-state index contributed by atoms with van der Waals surface area (Å²) in [5.74, 6) is -0.958. The molecule has 22 heteroatoms. The van der Waals surface area contributed by atoms with E-state index in [1.165, 1.54) is 36.9 Å². The van der Waals surface area contributed by atoms with E-state index in [0.29, 0.717) is 45.4 Å². The van der Waals surface area contributed by atoms with Crippen LogP contribution in [-0.2, 0) is 21.9 Å². The van der Waals surface area contributed by atoms with Crippen LogP contribution >= 0.6 is 23.2 Å². The molecule has 4 heterocycles. The first kappa shape index (κ1) is 46.5. The van der Waals surface area contributed by atoms with Gasteiger partial charge >= 0.3 is 12.4 Å². The minimum atomic E-state index is -4.48. The fourth-order valence-corrected chi connectivity index (χ4v) is 7.16. The molecule has 0 spiro atoms. The number of benzene rings is 2. The van der Waals surface area contributed by atoms with Crippen LogP contribution < -0.4 is 22.1 Å². The summed E-state index contributed by atoms with van der Waals surface area (Å²) in [5, 5.41) is 5.29. The second-order valence-corrected chi connectivity index (χ2v) is 15.1. The molecule has 4 aromatic rings. The van der Waals surface area contributed by atoms with E-state index in [0.717, 1.165) is 24.3 Å². The third-order valence-corrected chi connectivity index (χ3v) is 10.7. The number of piperidine rings is 1. The Morgan fingerprint density at radius 3 is 1.74 bits per heavy atom. The van der Waals surface area contributed by atoms with Gasteiger partial charge in [-0.05, 0) is 74.0 Å². The van der Waals surface area contributed by atoms with Gasteiger partial charge < -0.3 is 27.0 Å². The predicted octanol–water partition coefficient (Wildman–Crippen LogP) is 6.92. The zero-order valence-electron chi connectivity index (χ0n) is 32.2. The number of hydrogen-bond donors (Lipinski definition) is 4. The molecule has 1 atom stereocenters. The molecule has 0 bridgehead atoms. The molecule has 2 aromatic heterocycles. The van der Waals surface area contributed by atoms with Gasteiger partial charge in [0.25, 0.3) is 0 Å². The highest BCUT2D eigenvalue weighted by molar-refractivity contribution is 6.36. The second-order valence-electron chi connectivity index (χ2n) is 14.4. The topological polar surface area (TPSA) is 202 Å². The van der Waals surface area contributed by atoms with Gasteiger partial charge in [-0.1, -0.05) is 35.3 Å². The maximum Gasteiger partial charge on any atom is 0.416 e. The molecule has 0 radical (unpaired) electrons. The van der Waals surface area contributed by atoms with E-state index >= 15 is 0 Å². The summed E-state index contributed by atoms with van der Waals surface area (Å²) in [7, 11) is 0. The van der Waals surface area contributed by atoms with Crippen LogP contribution in [-0.4, -0.2) is 92.4 Å². The number of ketones is 2. The SMILES string of the molecule is Nc1ncnc(C(=O)CC2CCN(C(=O)CNc3cccc(C(F)(F)F)c3)CC2)c1Cl.Nc1ncnc(C(=O)CC2CCN(CC(=O)Nc3cccc(C(F)(F)F)c3)C2)c1Cl. The number of nitrogens with one attached hydrogen (secondary N) is 2. The van der Waals surface area contributed by atoms with Crippen molar-refractivity contribution in [2.75, 3.05) is 61.4 Å². The zero-order valence-corrected chi connectivity index (χ0v) is 33.7. The normalized spacial score (nSPS) is 16.1. The van der Waals surface area contributed by atoms with Crippen molar-refractivity contribution in [1.82, 2.24) is 29.7 Å². The summed E-state index contributed by atoms with van der Waals surface area (Å²) in [6.45, 7) is 1.91. The molecule has 2 aliphatic rings. The zero-order chi connectivity index (χ0) is 44.5. The van der Waals surface area contributed by atoms with E-state index in [4.69, 9.17) is 34.7 Å².